The molecule has 0 aliphatic heterocycles. The SMILES string of the molecule is CC(C)CNCc1ccc(OCCN(C)C)cc1. The zero-order valence-electron chi connectivity index (χ0n) is 12.1. The molecule has 18 heavy (non-hydrogen) atoms. The van der Waals surface area contributed by atoms with E-state index >= 15 is 0 Å². The van der Waals surface area contributed by atoms with Crippen molar-refractivity contribution >= 4 is 0 Å². The van der Waals surface area contributed by atoms with Crippen LogP contribution in [0.4, 0.5) is 0 Å². The molecular weight excluding hydrogens is 224 g/mol. The van der Waals surface area contributed by atoms with E-state index in [9.17, 15) is 0 Å². The Kier molecular flexibility index (Phi) is 6.76. The lowest BCUT2D eigenvalue weighted by molar-refractivity contribution is 0.261. The predicted molar refractivity (Wildman–Crippen MR) is 77.0 cm³/mol. The predicted octanol–water partition coefficient (Wildman–Crippen LogP) is 2.37. The van der Waals surface area contributed by atoms with Gasteiger partial charge in [0.05, 0.1) is 0 Å². The molecule has 0 atom stereocenters. The molecular formula is C15H26N2O. The number of nitrogens with zero attached hydrogens (tertiary/aromatic N) is 1. The summed E-state index contributed by atoms with van der Waals surface area (Å²) < 4.78 is 5.65. The first-order chi connectivity index (χ1) is 8.58. The molecule has 0 amide bonds. The topological polar surface area (TPSA) is 24.5 Å². The Morgan fingerprint density at radius 2 is 1.83 bits per heavy atom. The fraction of sp³-hybridized carbons (Fsp3) is 0.600. The van der Waals surface area contributed by atoms with E-state index in [1.807, 2.05) is 26.2 Å². The summed E-state index contributed by atoms with van der Waals surface area (Å²) in [6.45, 7) is 8.09. The van der Waals surface area contributed by atoms with Crippen LogP contribution in [0.1, 0.15) is 19.4 Å². The average molecular weight is 250 g/mol. The van der Waals surface area contributed by atoms with Crippen LogP contribution in [0, 0.1) is 5.92 Å². The van der Waals surface area contributed by atoms with Crippen LogP contribution in [-0.2, 0) is 6.54 Å². The smallest absolute Gasteiger partial charge is 0.119 e. The number of hydrogen-bond donors (Lipinski definition) is 1. The largest absolute Gasteiger partial charge is 0.492 e. The Hall–Kier alpha value is -1.06. The highest BCUT2D eigenvalue weighted by molar-refractivity contribution is 5.27. The van der Waals surface area contributed by atoms with Gasteiger partial charge in [0.25, 0.3) is 0 Å². The maximum absolute atomic E-state index is 5.65. The second-order valence-corrected chi connectivity index (χ2v) is 5.32. The van der Waals surface area contributed by atoms with Gasteiger partial charge in [-0.3, -0.25) is 0 Å². The van der Waals surface area contributed by atoms with Gasteiger partial charge in [-0.05, 0) is 44.3 Å². The zero-order valence-corrected chi connectivity index (χ0v) is 12.1. The van der Waals surface area contributed by atoms with Gasteiger partial charge >= 0.3 is 0 Å². The molecule has 0 radical (unpaired) electrons. The Morgan fingerprint density at radius 1 is 1.17 bits per heavy atom. The molecule has 0 aromatic heterocycles. The second kappa shape index (κ2) is 8.11. The Bertz CT molecular complexity index is 287. The van der Waals surface area contributed by atoms with Crippen molar-refractivity contribution in [3.05, 3.63) is 29.8 Å². The van der Waals surface area contributed by atoms with Gasteiger partial charge in [0.1, 0.15) is 12.4 Å². The summed E-state index contributed by atoms with van der Waals surface area (Å²) in [6.07, 6.45) is 0. The van der Waals surface area contributed by atoms with Crippen LogP contribution in [0.15, 0.2) is 24.3 Å². The third-order valence-corrected chi connectivity index (χ3v) is 2.61. The van der Waals surface area contributed by atoms with Gasteiger partial charge in [0.2, 0.25) is 0 Å². The Morgan fingerprint density at radius 3 is 2.39 bits per heavy atom. The molecule has 1 rings (SSSR count). The fourth-order valence-corrected chi connectivity index (χ4v) is 1.55. The van der Waals surface area contributed by atoms with Crippen molar-refractivity contribution in [1.29, 1.82) is 0 Å². The van der Waals surface area contributed by atoms with Crippen molar-refractivity contribution in [2.75, 3.05) is 33.8 Å². The highest BCUT2D eigenvalue weighted by Gasteiger charge is 1.97. The number of rotatable bonds is 8. The summed E-state index contributed by atoms with van der Waals surface area (Å²) in [4.78, 5) is 2.12. The number of likely N-dealkylation sites (N-methyl/N-ethyl adjacent to an activating group) is 1. The van der Waals surface area contributed by atoms with E-state index in [2.05, 4.69) is 36.2 Å². The first-order valence-electron chi connectivity index (χ1n) is 6.65. The van der Waals surface area contributed by atoms with Crippen molar-refractivity contribution in [3.8, 4) is 5.75 Å². The lowest BCUT2D eigenvalue weighted by Crippen LogP contribution is -2.19. The molecule has 0 aliphatic rings. The molecule has 1 aromatic rings. The maximum Gasteiger partial charge on any atom is 0.119 e. The summed E-state index contributed by atoms with van der Waals surface area (Å²) in [6, 6.07) is 8.33. The van der Waals surface area contributed by atoms with E-state index in [0.29, 0.717) is 5.92 Å². The summed E-state index contributed by atoms with van der Waals surface area (Å²) >= 11 is 0. The van der Waals surface area contributed by atoms with E-state index in [1.54, 1.807) is 0 Å². The summed E-state index contributed by atoms with van der Waals surface area (Å²) in [5, 5.41) is 3.43. The molecule has 3 nitrogen and oxygen atoms in total. The lowest BCUT2D eigenvalue weighted by atomic mass is 10.2. The van der Waals surface area contributed by atoms with Crippen molar-refractivity contribution in [1.82, 2.24) is 10.2 Å². The molecule has 1 aromatic carbocycles. The summed E-state index contributed by atoms with van der Waals surface area (Å²) in [5.74, 6) is 1.64. The number of hydrogen-bond acceptors (Lipinski definition) is 3. The molecule has 0 bridgehead atoms. The van der Waals surface area contributed by atoms with Crippen LogP contribution in [0.25, 0.3) is 0 Å². The summed E-state index contributed by atoms with van der Waals surface area (Å²) in [7, 11) is 4.10. The van der Waals surface area contributed by atoms with E-state index in [0.717, 1.165) is 32.0 Å². The van der Waals surface area contributed by atoms with Crippen LogP contribution < -0.4 is 10.1 Å². The van der Waals surface area contributed by atoms with Gasteiger partial charge in [-0.15, -0.1) is 0 Å². The number of ether oxygens (including phenoxy) is 1. The quantitative estimate of drug-likeness (QED) is 0.766. The van der Waals surface area contributed by atoms with E-state index < -0.39 is 0 Å². The van der Waals surface area contributed by atoms with Crippen LogP contribution >= 0.6 is 0 Å². The minimum atomic E-state index is 0.693. The highest BCUT2D eigenvalue weighted by Crippen LogP contribution is 2.12. The molecule has 0 saturated carbocycles. The van der Waals surface area contributed by atoms with Gasteiger partial charge in [0, 0.05) is 13.1 Å². The van der Waals surface area contributed by atoms with Crippen molar-refractivity contribution in [2.45, 2.75) is 20.4 Å². The Balaban J connectivity index is 2.28. The molecule has 0 fully saturated rings. The average Bonchev–Trinajstić information content (AvgIpc) is 2.30. The summed E-state index contributed by atoms with van der Waals surface area (Å²) in [5.41, 5.74) is 1.30. The van der Waals surface area contributed by atoms with Gasteiger partial charge in [-0.1, -0.05) is 26.0 Å². The highest BCUT2D eigenvalue weighted by atomic mass is 16.5. The molecule has 0 spiro atoms. The van der Waals surface area contributed by atoms with Crippen molar-refractivity contribution in [3.63, 3.8) is 0 Å². The minimum absolute atomic E-state index is 0.693. The minimum Gasteiger partial charge on any atom is -0.492 e. The Labute approximate surface area is 111 Å². The zero-order chi connectivity index (χ0) is 13.4. The normalized spacial score (nSPS) is 11.2. The van der Waals surface area contributed by atoms with Gasteiger partial charge in [-0.25, -0.2) is 0 Å². The molecule has 1 N–H and O–H groups in total. The third-order valence-electron chi connectivity index (χ3n) is 2.61. The van der Waals surface area contributed by atoms with Crippen LogP contribution in [-0.4, -0.2) is 38.7 Å². The molecule has 0 unspecified atom stereocenters. The van der Waals surface area contributed by atoms with Crippen LogP contribution in [0.2, 0.25) is 0 Å². The lowest BCUT2D eigenvalue weighted by Gasteiger charge is -2.11. The first-order valence-corrected chi connectivity index (χ1v) is 6.65. The van der Waals surface area contributed by atoms with Gasteiger partial charge in [-0.2, -0.15) is 0 Å². The monoisotopic (exact) mass is 250 g/mol. The number of nitrogens with one attached hydrogen (secondary N) is 1. The standard InChI is InChI=1S/C15H26N2O/c1-13(2)11-16-12-14-5-7-15(8-6-14)18-10-9-17(3)4/h5-8,13,16H,9-12H2,1-4H3. The fourth-order valence-electron chi connectivity index (χ4n) is 1.55. The molecule has 3 heteroatoms. The molecule has 0 heterocycles. The van der Waals surface area contributed by atoms with Gasteiger partial charge < -0.3 is 15.0 Å². The molecule has 0 aliphatic carbocycles. The van der Waals surface area contributed by atoms with Gasteiger partial charge in [0.15, 0.2) is 0 Å². The first kappa shape index (κ1) is 15.0. The number of benzene rings is 1. The van der Waals surface area contributed by atoms with Crippen LogP contribution in [0.5, 0.6) is 5.75 Å². The second-order valence-electron chi connectivity index (χ2n) is 5.32. The molecule has 102 valence electrons. The molecule has 0 saturated heterocycles. The third kappa shape index (κ3) is 6.62. The maximum atomic E-state index is 5.65. The van der Waals surface area contributed by atoms with E-state index in [-0.39, 0.29) is 0 Å². The van der Waals surface area contributed by atoms with Crippen molar-refractivity contribution in [2.24, 2.45) is 5.92 Å². The van der Waals surface area contributed by atoms with E-state index in [1.165, 1.54) is 5.56 Å². The van der Waals surface area contributed by atoms with Crippen molar-refractivity contribution < 1.29 is 4.74 Å². The van der Waals surface area contributed by atoms with Crippen LogP contribution in [0.3, 0.4) is 0 Å². The van der Waals surface area contributed by atoms with E-state index in [4.69, 9.17) is 4.74 Å².